The second-order valence-corrected chi connectivity index (χ2v) is 9.08. The summed E-state index contributed by atoms with van der Waals surface area (Å²) in [6.45, 7) is 1.34. The van der Waals surface area contributed by atoms with Crippen molar-refractivity contribution in [3.8, 4) is 0 Å². The molecule has 3 heterocycles. The van der Waals surface area contributed by atoms with E-state index in [0.717, 1.165) is 0 Å². The molecule has 0 aromatic carbocycles. The number of aliphatic hydroxyl groups excluding tert-OH is 2. The van der Waals surface area contributed by atoms with E-state index in [0.29, 0.717) is 12.2 Å². The summed E-state index contributed by atoms with van der Waals surface area (Å²) in [6.07, 6.45) is -0.206. The van der Waals surface area contributed by atoms with Crippen molar-refractivity contribution in [1.82, 2.24) is 5.32 Å². The molecule has 8 atom stereocenters. The van der Waals surface area contributed by atoms with Crippen molar-refractivity contribution in [3.63, 3.8) is 0 Å². The van der Waals surface area contributed by atoms with Gasteiger partial charge in [0.1, 0.15) is 18.1 Å². The Labute approximate surface area is 143 Å². The van der Waals surface area contributed by atoms with Crippen molar-refractivity contribution in [1.29, 1.82) is 0 Å². The van der Waals surface area contributed by atoms with Gasteiger partial charge in [-0.2, -0.15) is 0 Å². The van der Waals surface area contributed by atoms with Crippen LogP contribution < -0.4 is 5.32 Å². The molecule has 5 aliphatic rings. The van der Waals surface area contributed by atoms with Crippen LogP contribution in [0.15, 0.2) is 23.4 Å². The van der Waals surface area contributed by atoms with Gasteiger partial charge >= 0.3 is 7.60 Å². The monoisotopic (exact) mass is 371 g/mol. The van der Waals surface area contributed by atoms with Gasteiger partial charge in [0.05, 0.1) is 12.1 Å². The summed E-state index contributed by atoms with van der Waals surface area (Å²) >= 11 is 0. The highest BCUT2D eigenvalue weighted by Gasteiger charge is 2.60. The first-order valence-electron chi connectivity index (χ1n) is 8.19. The molecule has 5 rings (SSSR count). The van der Waals surface area contributed by atoms with Crippen molar-refractivity contribution >= 4 is 13.5 Å². The SMILES string of the molecule is CP1(=O)O[C@@H]2[C@H](O1)[C@@H](O)CC1C3C=C4OCOC4=C(O)C3C(=O)N[C@H]12. The Hall–Kier alpha value is -1.54. The van der Waals surface area contributed by atoms with E-state index in [1.165, 1.54) is 6.66 Å². The van der Waals surface area contributed by atoms with Gasteiger partial charge in [-0.3, -0.25) is 13.9 Å². The molecule has 0 radical (unpaired) electrons. The largest absolute Gasteiger partial charge is 0.507 e. The molecule has 0 bridgehead atoms. The summed E-state index contributed by atoms with van der Waals surface area (Å²) in [5.41, 5.74) is 0. The fourth-order valence-corrected chi connectivity index (χ4v) is 6.11. The van der Waals surface area contributed by atoms with Crippen molar-refractivity contribution < 1.29 is 38.1 Å². The number of nitrogens with one attached hydrogen (secondary N) is 1. The summed E-state index contributed by atoms with van der Waals surface area (Å²) in [4.78, 5) is 12.7. The van der Waals surface area contributed by atoms with Gasteiger partial charge < -0.3 is 29.5 Å². The Morgan fingerprint density at radius 3 is 2.84 bits per heavy atom. The first-order valence-corrected chi connectivity index (χ1v) is 10.2. The van der Waals surface area contributed by atoms with Crippen molar-refractivity contribution in [3.05, 3.63) is 23.4 Å². The van der Waals surface area contributed by atoms with E-state index < -0.39 is 37.9 Å². The number of carbonyl (C=O) groups excluding carboxylic acids is 1. The smallest absolute Gasteiger partial charge is 0.328 e. The maximum atomic E-state index is 12.7. The molecule has 1 saturated carbocycles. The molecule has 2 aliphatic carbocycles. The number of rotatable bonds is 0. The lowest BCUT2D eigenvalue weighted by atomic mass is 9.64. The number of hydrogen-bond donors (Lipinski definition) is 3. The lowest BCUT2D eigenvalue weighted by Gasteiger charge is -2.49. The Morgan fingerprint density at radius 2 is 2.04 bits per heavy atom. The lowest BCUT2D eigenvalue weighted by Crippen LogP contribution is -2.65. The molecule has 3 aliphatic heterocycles. The van der Waals surface area contributed by atoms with Gasteiger partial charge in [-0.25, -0.2) is 0 Å². The molecule has 4 fully saturated rings. The number of aliphatic hydroxyl groups is 2. The van der Waals surface area contributed by atoms with Crippen LogP contribution in [0.5, 0.6) is 0 Å². The van der Waals surface area contributed by atoms with E-state index in [2.05, 4.69) is 5.32 Å². The fourth-order valence-electron chi connectivity index (χ4n) is 4.67. The van der Waals surface area contributed by atoms with Crippen LogP contribution in [0.1, 0.15) is 6.42 Å². The molecule has 136 valence electrons. The van der Waals surface area contributed by atoms with Crippen LogP contribution in [-0.2, 0) is 27.9 Å². The van der Waals surface area contributed by atoms with Gasteiger partial charge in [-0.1, -0.05) is 0 Å². The number of allylic oxidation sites excluding steroid dienone is 1. The maximum Gasteiger partial charge on any atom is 0.328 e. The molecule has 25 heavy (non-hydrogen) atoms. The van der Waals surface area contributed by atoms with Gasteiger partial charge in [-0.05, 0) is 18.4 Å². The van der Waals surface area contributed by atoms with Crippen LogP contribution in [0.4, 0.5) is 0 Å². The summed E-state index contributed by atoms with van der Waals surface area (Å²) < 4.78 is 33.7. The standard InChI is InChI=1S/C15H18NO8P/c1-25(20)23-12-7(17)2-6-5-3-8-13(22-4-21-8)11(18)9(5)15(19)16-10(6)14(12)24-25/h3,5-7,9-10,12,14,17-18H,2,4H2,1H3,(H,16,19)/t5?,6?,7-,9?,10+,12+,14-,25?/m0/s1. The van der Waals surface area contributed by atoms with Crippen LogP contribution in [0.3, 0.4) is 0 Å². The van der Waals surface area contributed by atoms with E-state index in [9.17, 15) is 19.6 Å². The highest BCUT2D eigenvalue weighted by atomic mass is 31.2. The first-order chi connectivity index (χ1) is 11.9. The summed E-state index contributed by atoms with van der Waals surface area (Å²) in [5, 5.41) is 23.8. The molecular weight excluding hydrogens is 353 g/mol. The number of fused-ring (bicyclic) bond motifs is 6. The number of piperidine rings is 1. The predicted molar refractivity (Wildman–Crippen MR) is 81.1 cm³/mol. The van der Waals surface area contributed by atoms with E-state index in [1.807, 2.05) is 0 Å². The summed E-state index contributed by atoms with van der Waals surface area (Å²) in [6, 6.07) is -0.466. The van der Waals surface area contributed by atoms with Crippen LogP contribution in [0, 0.1) is 17.8 Å². The molecule has 9 nitrogen and oxygen atoms in total. The van der Waals surface area contributed by atoms with Crippen molar-refractivity contribution in [2.45, 2.75) is 30.8 Å². The number of ether oxygens (including phenoxy) is 2. The number of carbonyl (C=O) groups is 1. The second kappa shape index (κ2) is 5.01. The fraction of sp³-hybridized carbons (Fsp3) is 0.667. The molecule has 0 spiro atoms. The van der Waals surface area contributed by atoms with Gasteiger partial charge in [0.15, 0.2) is 11.5 Å². The van der Waals surface area contributed by atoms with Crippen LogP contribution in [-0.4, -0.2) is 53.9 Å². The third-order valence-corrected chi connectivity index (χ3v) is 6.89. The average Bonchev–Trinajstić information content (AvgIpc) is 3.12. The average molecular weight is 371 g/mol. The van der Waals surface area contributed by atoms with Gasteiger partial charge in [0, 0.05) is 12.6 Å². The Balaban J connectivity index is 1.54. The van der Waals surface area contributed by atoms with Crippen molar-refractivity contribution in [2.75, 3.05) is 13.5 Å². The predicted octanol–water partition coefficient (Wildman–Crippen LogP) is 0.376. The first kappa shape index (κ1) is 15.7. The van der Waals surface area contributed by atoms with Crippen LogP contribution in [0.2, 0.25) is 0 Å². The molecule has 0 aromatic heterocycles. The Morgan fingerprint density at radius 1 is 1.28 bits per heavy atom. The molecule has 1 amide bonds. The zero-order valence-corrected chi connectivity index (χ0v) is 14.2. The third kappa shape index (κ3) is 2.13. The van der Waals surface area contributed by atoms with Gasteiger partial charge in [-0.15, -0.1) is 0 Å². The Bertz CT molecular complexity index is 763. The zero-order chi connectivity index (χ0) is 17.5. The quantitative estimate of drug-likeness (QED) is 0.522. The van der Waals surface area contributed by atoms with E-state index in [1.54, 1.807) is 6.08 Å². The number of hydrogen-bond acceptors (Lipinski definition) is 8. The lowest BCUT2D eigenvalue weighted by molar-refractivity contribution is -0.139. The molecule has 4 unspecified atom stereocenters. The minimum absolute atomic E-state index is 0.0102. The van der Waals surface area contributed by atoms with Crippen LogP contribution >= 0.6 is 7.60 Å². The minimum atomic E-state index is -3.27. The highest BCUT2D eigenvalue weighted by molar-refractivity contribution is 7.53. The number of amides is 1. The van der Waals surface area contributed by atoms with E-state index in [-0.39, 0.29) is 36.1 Å². The molecular formula is C15H18NO8P. The van der Waals surface area contributed by atoms with Crippen molar-refractivity contribution in [2.24, 2.45) is 17.8 Å². The van der Waals surface area contributed by atoms with E-state index >= 15 is 0 Å². The topological polar surface area (TPSA) is 124 Å². The molecule has 3 saturated heterocycles. The zero-order valence-electron chi connectivity index (χ0n) is 13.3. The van der Waals surface area contributed by atoms with Gasteiger partial charge in [0.25, 0.3) is 0 Å². The molecule has 0 aromatic rings. The summed E-state index contributed by atoms with van der Waals surface area (Å²) in [5.74, 6) is -1.32. The summed E-state index contributed by atoms with van der Waals surface area (Å²) in [7, 11) is -3.27. The van der Waals surface area contributed by atoms with Crippen LogP contribution in [0.25, 0.3) is 0 Å². The normalized spacial score (nSPS) is 50.6. The maximum absolute atomic E-state index is 12.7. The Kier molecular flexibility index (Phi) is 3.14. The minimum Gasteiger partial charge on any atom is -0.507 e. The second-order valence-electron chi connectivity index (χ2n) is 7.12. The third-order valence-electron chi connectivity index (χ3n) is 5.64. The molecule has 10 heteroatoms. The van der Waals surface area contributed by atoms with E-state index in [4.69, 9.17) is 18.5 Å². The highest BCUT2D eigenvalue weighted by Crippen LogP contribution is 2.58. The van der Waals surface area contributed by atoms with Gasteiger partial charge in [0.2, 0.25) is 18.5 Å². The molecule has 3 N–H and O–H groups in total.